The van der Waals surface area contributed by atoms with Crippen LogP contribution in [0.5, 0.6) is 0 Å². The molecule has 0 spiro atoms. The van der Waals surface area contributed by atoms with Crippen LogP contribution in [0.2, 0.25) is 0 Å². The predicted octanol–water partition coefficient (Wildman–Crippen LogP) is 3.80. The third-order valence-corrected chi connectivity index (χ3v) is 5.76. The Morgan fingerprint density at radius 3 is 2.74 bits per heavy atom. The number of thioether (sulfide) groups is 1. The van der Waals surface area contributed by atoms with E-state index in [1.165, 1.54) is 35.9 Å². The van der Waals surface area contributed by atoms with Gasteiger partial charge in [0.2, 0.25) is 11.0 Å². The number of carbonyl (C=O) groups is 2. The summed E-state index contributed by atoms with van der Waals surface area (Å²) in [7, 11) is 0. The molecule has 0 unspecified atom stereocenters. The lowest BCUT2D eigenvalue weighted by Crippen LogP contribution is -2.14. The predicted molar refractivity (Wildman–Crippen MR) is 108 cm³/mol. The highest BCUT2D eigenvalue weighted by Crippen LogP contribution is 2.30. The van der Waals surface area contributed by atoms with Gasteiger partial charge in [-0.3, -0.25) is 4.79 Å². The summed E-state index contributed by atoms with van der Waals surface area (Å²) >= 11 is 2.81. The summed E-state index contributed by atoms with van der Waals surface area (Å²) in [6.07, 6.45) is 4.19. The first kappa shape index (κ1) is 19.6. The number of aromatic nitrogens is 2. The molecular formula is C18H22N4O3S2. The van der Waals surface area contributed by atoms with Crippen LogP contribution >= 0.6 is 23.1 Å². The van der Waals surface area contributed by atoms with E-state index in [0.29, 0.717) is 23.9 Å². The maximum absolute atomic E-state index is 12.1. The SMILES string of the molecule is CCCCOC(=O)c1ccc(NC(=O)CSc2nnc(NC3CC3)s2)cc1. The summed E-state index contributed by atoms with van der Waals surface area (Å²) in [4.78, 5) is 23.9. The van der Waals surface area contributed by atoms with E-state index in [-0.39, 0.29) is 17.6 Å². The molecule has 1 amide bonds. The Labute approximate surface area is 166 Å². The van der Waals surface area contributed by atoms with Crippen LogP contribution < -0.4 is 10.6 Å². The van der Waals surface area contributed by atoms with E-state index in [2.05, 4.69) is 20.8 Å². The number of nitrogens with zero attached hydrogens (tertiary/aromatic N) is 2. The minimum Gasteiger partial charge on any atom is -0.462 e. The molecule has 7 nitrogen and oxygen atoms in total. The fourth-order valence-electron chi connectivity index (χ4n) is 2.14. The molecule has 1 fully saturated rings. The molecular weight excluding hydrogens is 384 g/mol. The molecule has 9 heteroatoms. The van der Waals surface area contributed by atoms with Crippen LogP contribution in [0.4, 0.5) is 10.8 Å². The molecule has 144 valence electrons. The van der Waals surface area contributed by atoms with Crippen molar-refractivity contribution in [3.63, 3.8) is 0 Å². The average Bonchev–Trinajstić information content (AvgIpc) is 3.37. The third kappa shape index (κ3) is 6.51. The molecule has 1 aromatic carbocycles. The van der Waals surface area contributed by atoms with Crippen LogP contribution in [0.15, 0.2) is 28.6 Å². The summed E-state index contributed by atoms with van der Waals surface area (Å²) in [6, 6.07) is 7.23. The molecule has 1 heterocycles. The van der Waals surface area contributed by atoms with Crippen LogP contribution in [0, 0.1) is 0 Å². The van der Waals surface area contributed by atoms with Gasteiger partial charge in [-0.05, 0) is 43.5 Å². The van der Waals surface area contributed by atoms with E-state index in [4.69, 9.17) is 4.74 Å². The van der Waals surface area contributed by atoms with E-state index in [9.17, 15) is 9.59 Å². The number of carbonyl (C=O) groups excluding carboxylic acids is 2. The van der Waals surface area contributed by atoms with Crippen molar-refractivity contribution in [2.75, 3.05) is 23.0 Å². The molecule has 0 atom stereocenters. The molecule has 27 heavy (non-hydrogen) atoms. The van der Waals surface area contributed by atoms with Gasteiger partial charge >= 0.3 is 5.97 Å². The third-order valence-electron chi connectivity index (χ3n) is 3.77. The monoisotopic (exact) mass is 406 g/mol. The van der Waals surface area contributed by atoms with Crippen molar-refractivity contribution in [2.45, 2.75) is 43.0 Å². The second kappa shape index (κ2) is 9.70. The molecule has 0 aliphatic heterocycles. The standard InChI is InChI=1S/C18H22N4O3S2/c1-2-3-10-25-16(24)12-4-6-13(7-5-12)19-15(23)11-26-18-22-21-17(27-18)20-14-8-9-14/h4-7,14H,2-3,8-11H2,1H3,(H,19,23)(H,20,21). The number of hydrogen-bond donors (Lipinski definition) is 2. The second-order valence-corrected chi connectivity index (χ2v) is 8.40. The van der Waals surface area contributed by atoms with Crippen molar-refractivity contribution in [3.05, 3.63) is 29.8 Å². The summed E-state index contributed by atoms with van der Waals surface area (Å²) in [5.41, 5.74) is 1.11. The fraction of sp³-hybridized carbons (Fsp3) is 0.444. The zero-order chi connectivity index (χ0) is 19.1. The van der Waals surface area contributed by atoms with E-state index < -0.39 is 0 Å². The minimum atomic E-state index is -0.344. The van der Waals surface area contributed by atoms with Crippen LogP contribution in [-0.4, -0.2) is 40.5 Å². The molecule has 0 radical (unpaired) electrons. The number of nitrogens with one attached hydrogen (secondary N) is 2. The lowest BCUT2D eigenvalue weighted by atomic mass is 10.2. The number of esters is 1. The van der Waals surface area contributed by atoms with Gasteiger partial charge in [-0.1, -0.05) is 36.4 Å². The first-order valence-electron chi connectivity index (χ1n) is 8.94. The Morgan fingerprint density at radius 1 is 1.26 bits per heavy atom. The van der Waals surface area contributed by atoms with E-state index in [1.807, 2.05) is 6.92 Å². The number of rotatable bonds is 10. The van der Waals surface area contributed by atoms with Crippen LogP contribution in [0.1, 0.15) is 43.0 Å². The molecule has 1 aliphatic carbocycles. The summed E-state index contributed by atoms with van der Waals surface area (Å²) in [6.45, 7) is 2.47. The Hall–Kier alpha value is -2.13. The molecule has 1 aromatic heterocycles. The van der Waals surface area contributed by atoms with Gasteiger partial charge in [0.25, 0.3) is 0 Å². The van der Waals surface area contributed by atoms with Gasteiger partial charge in [0, 0.05) is 11.7 Å². The number of ether oxygens (including phenoxy) is 1. The van der Waals surface area contributed by atoms with Crippen molar-refractivity contribution < 1.29 is 14.3 Å². The summed E-state index contributed by atoms with van der Waals surface area (Å²) < 4.78 is 5.92. The maximum atomic E-state index is 12.1. The van der Waals surface area contributed by atoms with Crippen LogP contribution in [-0.2, 0) is 9.53 Å². The van der Waals surface area contributed by atoms with Gasteiger partial charge in [-0.2, -0.15) is 0 Å². The van der Waals surface area contributed by atoms with E-state index in [1.54, 1.807) is 24.3 Å². The lowest BCUT2D eigenvalue weighted by molar-refractivity contribution is -0.113. The fourth-order valence-corrected chi connectivity index (χ4v) is 3.76. The smallest absolute Gasteiger partial charge is 0.338 e. The maximum Gasteiger partial charge on any atom is 0.338 e. The largest absolute Gasteiger partial charge is 0.462 e. The lowest BCUT2D eigenvalue weighted by Gasteiger charge is -2.06. The van der Waals surface area contributed by atoms with Gasteiger partial charge in [-0.15, -0.1) is 10.2 Å². The average molecular weight is 407 g/mol. The quantitative estimate of drug-likeness (QED) is 0.352. The van der Waals surface area contributed by atoms with Gasteiger partial charge < -0.3 is 15.4 Å². The normalized spacial score (nSPS) is 13.2. The van der Waals surface area contributed by atoms with Crippen LogP contribution in [0.3, 0.4) is 0 Å². The number of anilines is 2. The van der Waals surface area contributed by atoms with Crippen molar-refractivity contribution in [1.82, 2.24) is 10.2 Å². The number of benzene rings is 1. The molecule has 2 aromatic rings. The summed E-state index contributed by atoms with van der Waals surface area (Å²) in [5, 5.41) is 15.1. The van der Waals surface area contributed by atoms with E-state index in [0.717, 1.165) is 22.3 Å². The number of amides is 1. The Kier molecular flexibility index (Phi) is 7.05. The number of unbranched alkanes of at least 4 members (excludes halogenated alkanes) is 1. The van der Waals surface area contributed by atoms with Gasteiger partial charge in [-0.25, -0.2) is 4.79 Å². The van der Waals surface area contributed by atoms with Gasteiger partial charge in [0.1, 0.15) is 0 Å². The first-order valence-corrected chi connectivity index (χ1v) is 10.7. The highest BCUT2D eigenvalue weighted by molar-refractivity contribution is 8.01. The minimum absolute atomic E-state index is 0.134. The van der Waals surface area contributed by atoms with Crippen molar-refractivity contribution in [1.29, 1.82) is 0 Å². The Bertz CT molecular complexity index is 775. The van der Waals surface area contributed by atoms with E-state index >= 15 is 0 Å². The van der Waals surface area contributed by atoms with Crippen LogP contribution in [0.25, 0.3) is 0 Å². The number of hydrogen-bond acceptors (Lipinski definition) is 8. The second-order valence-electron chi connectivity index (χ2n) is 6.20. The molecule has 1 aliphatic rings. The molecule has 0 bridgehead atoms. The molecule has 3 rings (SSSR count). The zero-order valence-electron chi connectivity index (χ0n) is 15.1. The van der Waals surface area contributed by atoms with Gasteiger partial charge in [0.05, 0.1) is 17.9 Å². The molecule has 0 saturated heterocycles. The Balaban J connectivity index is 1.42. The summed E-state index contributed by atoms with van der Waals surface area (Å²) in [5.74, 6) is -0.229. The van der Waals surface area contributed by atoms with Crippen molar-refractivity contribution in [2.24, 2.45) is 0 Å². The molecule has 1 saturated carbocycles. The highest BCUT2D eigenvalue weighted by Gasteiger charge is 2.22. The molecule has 2 N–H and O–H groups in total. The van der Waals surface area contributed by atoms with Crippen molar-refractivity contribution in [3.8, 4) is 0 Å². The first-order chi connectivity index (χ1) is 13.1. The topological polar surface area (TPSA) is 93.2 Å². The van der Waals surface area contributed by atoms with Crippen molar-refractivity contribution >= 4 is 45.8 Å². The highest BCUT2D eigenvalue weighted by atomic mass is 32.2. The van der Waals surface area contributed by atoms with Gasteiger partial charge in [0.15, 0.2) is 4.34 Å². The Morgan fingerprint density at radius 2 is 2.04 bits per heavy atom. The zero-order valence-corrected chi connectivity index (χ0v) is 16.7.